The molecule has 0 saturated carbocycles. The van der Waals surface area contributed by atoms with E-state index in [4.69, 9.17) is 5.73 Å². The van der Waals surface area contributed by atoms with Gasteiger partial charge in [-0.15, -0.1) is 0 Å². The summed E-state index contributed by atoms with van der Waals surface area (Å²) in [4.78, 5) is 10.8. The maximum Gasteiger partial charge on any atom is 0.248 e. The third-order valence-electron chi connectivity index (χ3n) is 2.31. The number of carbonyl (C=O) groups is 1. The number of nitrogens with two attached hydrogens (primary N) is 1. The van der Waals surface area contributed by atoms with Gasteiger partial charge in [-0.05, 0) is 17.5 Å². The zero-order valence-corrected chi connectivity index (χ0v) is 10.5. The van der Waals surface area contributed by atoms with Gasteiger partial charge in [-0.3, -0.25) is 4.79 Å². The summed E-state index contributed by atoms with van der Waals surface area (Å²) in [5, 5.41) is 3.17. The van der Waals surface area contributed by atoms with Gasteiger partial charge in [0.25, 0.3) is 0 Å². The van der Waals surface area contributed by atoms with Crippen molar-refractivity contribution in [3.8, 4) is 0 Å². The third-order valence-corrected chi connectivity index (χ3v) is 2.31. The zero-order valence-electron chi connectivity index (χ0n) is 10.5. The molecule has 0 saturated heterocycles. The van der Waals surface area contributed by atoms with Crippen LogP contribution in [0.5, 0.6) is 0 Å². The molecule has 0 fully saturated rings. The summed E-state index contributed by atoms with van der Waals surface area (Å²) in [6, 6.07) is 4.31. The molecule has 17 heavy (non-hydrogen) atoms. The minimum atomic E-state index is -0.613. The van der Waals surface area contributed by atoms with Gasteiger partial charge in [0.2, 0.25) is 5.91 Å². The van der Waals surface area contributed by atoms with E-state index in [9.17, 15) is 9.18 Å². The Balaban J connectivity index is 2.64. The number of hydrogen-bond acceptors (Lipinski definition) is 2. The van der Waals surface area contributed by atoms with Crippen LogP contribution in [0.15, 0.2) is 18.2 Å². The Labute approximate surface area is 101 Å². The number of rotatable bonds is 4. The highest BCUT2D eigenvalue weighted by Crippen LogP contribution is 2.13. The lowest BCUT2D eigenvalue weighted by molar-refractivity contribution is 0.1000. The first kappa shape index (κ1) is 13.6. The Morgan fingerprint density at radius 3 is 2.53 bits per heavy atom. The summed E-state index contributed by atoms with van der Waals surface area (Å²) in [7, 11) is 0. The lowest BCUT2D eigenvalue weighted by Crippen LogP contribution is -2.26. The van der Waals surface area contributed by atoms with Gasteiger partial charge in [0.05, 0.1) is 0 Å². The van der Waals surface area contributed by atoms with Crippen LogP contribution in [0.25, 0.3) is 0 Å². The SMILES string of the molecule is CC(C)(C)CNCc1ccc(C(N)=O)cc1F. The highest BCUT2D eigenvalue weighted by atomic mass is 19.1. The number of amides is 1. The normalized spacial score (nSPS) is 11.5. The molecule has 0 spiro atoms. The molecule has 3 N–H and O–H groups in total. The fourth-order valence-electron chi connectivity index (χ4n) is 1.42. The first-order valence-corrected chi connectivity index (χ1v) is 5.58. The topological polar surface area (TPSA) is 55.1 Å². The van der Waals surface area contributed by atoms with Crippen molar-refractivity contribution < 1.29 is 9.18 Å². The Bertz CT molecular complexity index is 410. The molecule has 4 heteroatoms. The second-order valence-corrected chi connectivity index (χ2v) is 5.33. The maximum absolute atomic E-state index is 13.6. The zero-order chi connectivity index (χ0) is 13.1. The number of halogens is 1. The molecule has 0 unspecified atom stereocenters. The van der Waals surface area contributed by atoms with Crippen LogP contribution in [0, 0.1) is 11.2 Å². The summed E-state index contributed by atoms with van der Waals surface area (Å²) in [5.74, 6) is -1.01. The van der Waals surface area contributed by atoms with Crippen molar-refractivity contribution in [2.45, 2.75) is 27.3 Å². The van der Waals surface area contributed by atoms with Gasteiger partial charge < -0.3 is 11.1 Å². The van der Waals surface area contributed by atoms with E-state index in [-0.39, 0.29) is 11.0 Å². The second kappa shape index (κ2) is 5.27. The number of nitrogens with one attached hydrogen (secondary N) is 1. The number of primary amides is 1. The molecule has 0 aliphatic rings. The molecule has 0 bridgehead atoms. The van der Waals surface area contributed by atoms with E-state index in [0.717, 1.165) is 6.54 Å². The minimum Gasteiger partial charge on any atom is -0.366 e. The first-order chi connectivity index (χ1) is 7.79. The highest BCUT2D eigenvalue weighted by molar-refractivity contribution is 5.92. The number of hydrogen-bond donors (Lipinski definition) is 2. The number of carbonyl (C=O) groups excluding carboxylic acids is 1. The van der Waals surface area contributed by atoms with Crippen molar-refractivity contribution in [2.75, 3.05) is 6.54 Å². The van der Waals surface area contributed by atoms with Crippen LogP contribution >= 0.6 is 0 Å². The Hall–Kier alpha value is -1.42. The van der Waals surface area contributed by atoms with Crippen LogP contribution in [0.3, 0.4) is 0 Å². The molecule has 0 aliphatic carbocycles. The van der Waals surface area contributed by atoms with Gasteiger partial charge in [0.1, 0.15) is 5.82 Å². The van der Waals surface area contributed by atoms with Crippen molar-refractivity contribution >= 4 is 5.91 Å². The number of benzene rings is 1. The molecule has 0 radical (unpaired) electrons. The predicted octanol–water partition coefficient (Wildman–Crippen LogP) is 2.06. The molecular formula is C13H19FN2O. The van der Waals surface area contributed by atoms with Gasteiger partial charge in [-0.1, -0.05) is 26.8 Å². The minimum absolute atomic E-state index is 0.156. The molecule has 94 valence electrons. The van der Waals surface area contributed by atoms with Gasteiger partial charge in [-0.25, -0.2) is 4.39 Å². The van der Waals surface area contributed by atoms with E-state index >= 15 is 0 Å². The smallest absolute Gasteiger partial charge is 0.248 e. The maximum atomic E-state index is 13.6. The summed E-state index contributed by atoms with van der Waals surface area (Å²) in [6.45, 7) is 7.55. The van der Waals surface area contributed by atoms with Crippen LogP contribution < -0.4 is 11.1 Å². The van der Waals surface area contributed by atoms with Gasteiger partial charge in [-0.2, -0.15) is 0 Å². The van der Waals surface area contributed by atoms with Crippen LogP contribution in [0.1, 0.15) is 36.7 Å². The van der Waals surface area contributed by atoms with E-state index < -0.39 is 11.7 Å². The Kier molecular flexibility index (Phi) is 4.23. The summed E-state index contributed by atoms with van der Waals surface area (Å²) >= 11 is 0. The lowest BCUT2D eigenvalue weighted by Gasteiger charge is -2.18. The molecule has 0 aromatic heterocycles. The predicted molar refractivity (Wildman–Crippen MR) is 66.1 cm³/mol. The summed E-state index contributed by atoms with van der Waals surface area (Å²) in [5.41, 5.74) is 5.96. The van der Waals surface area contributed by atoms with E-state index in [1.54, 1.807) is 12.1 Å². The van der Waals surface area contributed by atoms with E-state index in [1.807, 2.05) is 0 Å². The third kappa shape index (κ3) is 4.53. The monoisotopic (exact) mass is 238 g/mol. The average molecular weight is 238 g/mol. The van der Waals surface area contributed by atoms with E-state index in [2.05, 4.69) is 26.1 Å². The largest absolute Gasteiger partial charge is 0.366 e. The molecule has 0 heterocycles. The van der Waals surface area contributed by atoms with Crippen molar-refractivity contribution in [2.24, 2.45) is 11.1 Å². The lowest BCUT2D eigenvalue weighted by atomic mass is 9.97. The van der Waals surface area contributed by atoms with E-state index in [0.29, 0.717) is 12.1 Å². The molecule has 0 aliphatic heterocycles. The van der Waals surface area contributed by atoms with E-state index in [1.165, 1.54) is 6.07 Å². The standard InChI is InChI=1S/C13H19FN2O/c1-13(2,3)8-16-7-10-5-4-9(12(15)17)6-11(10)14/h4-6,16H,7-8H2,1-3H3,(H2,15,17). The Morgan fingerprint density at radius 2 is 2.06 bits per heavy atom. The van der Waals surface area contributed by atoms with Crippen LogP contribution in [0.2, 0.25) is 0 Å². The quantitative estimate of drug-likeness (QED) is 0.843. The van der Waals surface area contributed by atoms with Crippen LogP contribution in [-0.2, 0) is 6.54 Å². The molecule has 3 nitrogen and oxygen atoms in total. The fourth-order valence-corrected chi connectivity index (χ4v) is 1.42. The molecule has 1 aromatic carbocycles. The van der Waals surface area contributed by atoms with Crippen molar-refractivity contribution in [1.29, 1.82) is 0 Å². The molecule has 1 rings (SSSR count). The van der Waals surface area contributed by atoms with Gasteiger partial charge >= 0.3 is 0 Å². The molecule has 0 atom stereocenters. The highest BCUT2D eigenvalue weighted by Gasteiger charge is 2.11. The molecule has 1 aromatic rings. The van der Waals surface area contributed by atoms with Gasteiger partial charge in [0.15, 0.2) is 0 Å². The van der Waals surface area contributed by atoms with Gasteiger partial charge in [0, 0.05) is 24.2 Å². The van der Waals surface area contributed by atoms with Crippen LogP contribution in [0.4, 0.5) is 4.39 Å². The molecular weight excluding hydrogens is 219 g/mol. The summed E-state index contributed by atoms with van der Waals surface area (Å²) in [6.07, 6.45) is 0. The average Bonchev–Trinajstić information content (AvgIpc) is 2.18. The van der Waals surface area contributed by atoms with Crippen molar-refractivity contribution in [1.82, 2.24) is 5.32 Å². The summed E-state index contributed by atoms with van der Waals surface area (Å²) < 4.78 is 13.6. The van der Waals surface area contributed by atoms with Crippen LogP contribution in [-0.4, -0.2) is 12.5 Å². The fraction of sp³-hybridized carbons (Fsp3) is 0.462. The Morgan fingerprint density at radius 1 is 1.41 bits per heavy atom. The van der Waals surface area contributed by atoms with Crippen molar-refractivity contribution in [3.05, 3.63) is 35.1 Å². The van der Waals surface area contributed by atoms with Crippen molar-refractivity contribution in [3.63, 3.8) is 0 Å². The first-order valence-electron chi connectivity index (χ1n) is 5.58. The second-order valence-electron chi connectivity index (χ2n) is 5.33. The molecule has 1 amide bonds.